The normalized spacial score (nSPS) is 37.2. The maximum atomic E-state index is 10.7. The Labute approximate surface area is 131 Å². The van der Waals surface area contributed by atoms with Crippen molar-refractivity contribution in [1.82, 2.24) is 0 Å². The number of benzene rings is 1. The van der Waals surface area contributed by atoms with Gasteiger partial charge in [-0.2, -0.15) is 0 Å². The van der Waals surface area contributed by atoms with Crippen LogP contribution < -0.4 is 0 Å². The van der Waals surface area contributed by atoms with E-state index in [1.54, 1.807) is 0 Å². The van der Waals surface area contributed by atoms with Crippen LogP contribution in [0.25, 0.3) is 0 Å². The molecule has 2 N–H and O–H groups in total. The van der Waals surface area contributed by atoms with Crippen LogP contribution in [0, 0.1) is 10.1 Å². The van der Waals surface area contributed by atoms with Crippen LogP contribution in [0.3, 0.4) is 0 Å². The zero-order valence-corrected chi connectivity index (χ0v) is 12.3. The van der Waals surface area contributed by atoms with E-state index in [2.05, 4.69) is 0 Å². The van der Waals surface area contributed by atoms with Gasteiger partial charge < -0.3 is 29.2 Å². The van der Waals surface area contributed by atoms with E-state index in [9.17, 15) is 20.3 Å². The fourth-order valence-electron chi connectivity index (χ4n) is 2.69. The molecule has 0 aromatic heterocycles. The van der Waals surface area contributed by atoms with Crippen molar-refractivity contribution in [3.05, 3.63) is 39.9 Å². The maximum absolute atomic E-state index is 10.7. The van der Waals surface area contributed by atoms with Gasteiger partial charge in [-0.3, -0.25) is 10.1 Å². The highest BCUT2D eigenvalue weighted by Gasteiger charge is 2.49. The maximum Gasteiger partial charge on any atom is 0.269 e. The van der Waals surface area contributed by atoms with Crippen molar-refractivity contribution in [2.45, 2.75) is 37.0 Å². The summed E-state index contributed by atoms with van der Waals surface area (Å²) in [6, 6.07) is 5.73. The second-order valence-corrected chi connectivity index (χ2v) is 5.37. The number of nitro groups is 1. The summed E-state index contributed by atoms with van der Waals surface area (Å²) >= 11 is 0. The minimum Gasteiger partial charge on any atom is -0.387 e. The first kappa shape index (κ1) is 16.2. The van der Waals surface area contributed by atoms with Crippen LogP contribution in [0.15, 0.2) is 24.3 Å². The second-order valence-electron chi connectivity index (χ2n) is 5.37. The monoisotopic (exact) mass is 327 g/mol. The largest absolute Gasteiger partial charge is 0.387 e. The first-order valence-corrected chi connectivity index (χ1v) is 7.07. The van der Waals surface area contributed by atoms with Gasteiger partial charge in [0.1, 0.15) is 24.4 Å². The lowest BCUT2D eigenvalue weighted by Crippen LogP contribution is -2.62. The van der Waals surface area contributed by atoms with E-state index >= 15 is 0 Å². The lowest BCUT2D eigenvalue weighted by Gasteiger charge is -2.45. The molecule has 6 atom stereocenters. The van der Waals surface area contributed by atoms with E-state index in [0.717, 1.165) is 0 Å². The van der Waals surface area contributed by atoms with E-state index in [4.69, 9.17) is 18.9 Å². The molecule has 0 spiro atoms. The molecule has 2 heterocycles. The van der Waals surface area contributed by atoms with Crippen LogP contribution in [0.2, 0.25) is 0 Å². The Kier molecular flexibility index (Phi) is 4.57. The summed E-state index contributed by atoms with van der Waals surface area (Å²) in [7, 11) is 1.37. The number of non-ortho nitro benzene ring substituents is 1. The van der Waals surface area contributed by atoms with Crippen LogP contribution in [-0.2, 0) is 18.9 Å². The summed E-state index contributed by atoms with van der Waals surface area (Å²) in [5, 5.41) is 30.8. The summed E-state index contributed by atoms with van der Waals surface area (Å²) in [5.74, 6) is 0. The van der Waals surface area contributed by atoms with E-state index in [1.807, 2.05) is 0 Å². The summed E-state index contributed by atoms with van der Waals surface area (Å²) in [6.45, 7) is 0.135. The molecule has 0 amide bonds. The molecule has 2 fully saturated rings. The topological polar surface area (TPSA) is 121 Å². The van der Waals surface area contributed by atoms with Crippen LogP contribution >= 0.6 is 0 Å². The Hall–Kier alpha value is -1.62. The molecule has 1 aromatic carbocycles. The lowest BCUT2D eigenvalue weighted by atomic mass is 9.98. The molecule has 126 valence electrons. The van der Waals surface area contributed by atoms with Gasteiger partial charge in [0.15, 0.2) is 12.6 Å². The SMILES string of the molecule is CO[C@H]1O[C@@H]2COC(c3ccc([N+](=O)[O-])cc3)O[C@H]2[C@H](O)[C@H]1O. The Morgan fingerprint density at radius 1 is 1.22 bits per heavy atom. The molecule has 1 unspecified atom stereocenters. The number of nitro benzene ring substituents is 1. The molecule has 2 aliphatic heterocycles. The molecular weight excluding hydrogens is 310 g/mol. The van der Waals surface area contributed by atoms with Gasteiger partial charge in [-0.1, -0.05) is 0 Å². The predicted octanol–water partition coefficient (Wildman–Crippen LogP) is 0.102. The van der Waals surface area contributed by atoms with Crippen molar-refractivity contribution in [1.29, 1.82) is 0 Å². The van der Waals surface area contributed by atoms with E-state index in [0.29, 0.717) is 5.56 Å². The van der Waals surface area contributed by atoms with E-state index < -0.39 is 41.9 Å². The standard InChI is InChI=1S/C14H17NO8/c1-20-14-11(17)10(16)12-9(22-14)6-21-13(23-12)7-2-4-8(5-3-7)15(18)19/h2-5,9-14,16-17H,6H2,1H3/t9-,10-,11-,12-,13?,14+/m1/s1. The highest BCUT2D eigenvalue weighted by Crippen LogP contribution is 2.34. The molecule has 1 aromatic rings. The van der Waals surface area contributed by atoms with Crippen LogP contribution in [0.1, 0.15) is 11.9 Å². The number of methoxy groups -OCH3 is 1. The van der Waals surface area contributed by atoms with Gasteiger partial charge in [0, 0.05) is 24.8 Å². The average Bonchev–Trinajstić information content (AvgIpc) is 2.58. The molecule has 9 heteroatoms. The highest BCUT2D eigenvalue weighted by atomic mass is 16.7. The molecular formula is C14H17NO8. The first-order chi connectivity index (χ1) is 11.0. The van der Waals surface area contributed by atoms with Gasteiger partial charge in [-0.05, 0) is 12.1 Å². The molecule has 0 saturated carbocycles. The summed E-state index contributed by atoms with van der Waals surface area (Å²) < 4.78 is 21.7. The van der Waals surface area contributed by atoms with Gasteiger partial charge >= 0.3 is 0 Å². The summed E-state index contributed by atoms with van der Waals surface area (Å²) in [4.78, 5) is 10.2. The Bertz CT molecular complexity index is 562. The van der Waals surface area contributed by atoms with Crippen molar-refractivity contribution in [3.63, 3.8) is 0 Å². The molecule has 0 radical (unpaired) electrons. The number of nitrogens with zero attached hydrogens (tertiary/aromatic N) is 1. The van der Waals surface area contributed by atoms with Crippen LogP contribution in [0.5, 0.6) is 0 Å². The fourth-order valence-corrected chi connectivity index (χ4v) is 2.69. The predicted molar refractivity (Wildman–Crippen MR) is 74.3 cm³/mol. The minimum absolute atomic E-state index is 0.0400. The third kappa shape index (κ3) is 3.07. The Morgan fingerprint density at radius 3 is 2.52 bits per heavy atom. The third-order valence-corrected chi connectivity index (χ3v) is 3.94. The van der Waals surface area contributed by atoms with Crippen molar-refractivity contribution in [3.8, 4) is 0 Å². The Morgan fingerprint density at radius 2 is 1.91 bits per heavy atom. The van der Waals surface area contributed by atoms with Crippen molar-refractivity contribution >= 4 is 5.69 Å². The first-order valence-electron chi connectivity index (χ1n) is 7.07. The molecule has 0 bridgehead atoms. The molecule has 2 saturated heterocycles. The Balaban J connectivity index is 1.73. The minimum atomic E-state index is -1.24. The number of aliphatic hydroxyl groups excluding tert-OH is 2. The van der Waals surface area contributed by atoms with E-state index in [1.165, 1.54) is 31.4 Å². The molecule has 9 nitrogen and oxygen atoms in total. The average molecular weight is 327 g/mol. The van der Waals surface area contributed by atoms with Crippen LogP contribution in [-0.4, -0.2) is 59.6 Å². The zero-order valence-electron chi connectivity index (χ0n) is 12.3. The van der Waals surface area contributed by atoms with Gasteiger partial charge in [0.05, 0.1) is 11.5 Å². The quantitative estimate of drug-likeness (QED) is 0.592. The van der Waals surface area contributed by atoms with Gasteiger partial charge in [0.2, 0.25) is 0 Å². The van der Waals surface area contributed by atoms with Gasteiger partial charge in [-0.25, -0.2) is 0 Å². The van der Waals surface area contributed by atoms with Gasteiger partial charge in [0.25, 0.3) is 5.69 Å². The summed E-state index contributed by atoms with van der Waals surface area (Å²) in [5.41, 5.74) is 0.534. The smallest absolute Gasteiger partial charge is 0.269 e. The van der Waals surface area contributed by atoms with Crippen molar-refractivity contribution in [2.24, 2.45) is 0 Å². The molecule has 3 rings (SSSR count). The summed E-state index contributed by atoms with van der Waals surface area (Å²) in [6.07, 6.45) is -5.55. The zero-order chi connectivity index (χ0) is 16.6. The van der Waals surface area contributed by atoms with Crippen LogP contribution in [0.4, 0.5) is 5.69 Å². The molecule has 0 aliphatic carbocycles. The number of hydrogen-bond donors (Lipinski definition) is 2. The highest BCUT2D eigenvalue weighted by molar-refractivity contribution is 5.33. The number of fused-ring (bicyclic) bond motifs is 1. The van der Waals surface area contributed by atoms with Crippen molar-refractivity contribution < 1.29 is 34.1 Å². The fraction of sp³-hybridized carbons (Fsp3) is 0.571. The van der Waals surface area contributed by atoms with E-state index in [-0.39, 0.29) is 12.3 Å². The number of ether oxygens (including phenoxy) is 4. The molecule has 2 aliphatic rings. The third-order valence-electron chi connectivity index (χ3n) is 3.94. The second kappa shape index (κ2) is 6.48. The van der Waals surface area contributed by atoms with Crippen molar-refractivity contribution in [2.75, 3.05) is 13.7 Å². The number of aliphatic hydroxyl groups is 2. The molecule has 23 heavy (non-hydrogen) atoms. The van der Waals surface area contributed by atoms with Gasteiger partial charge in [-0.15, -0.1) is 0 Å². The number of hydrogen-bond acceptors (Lipinski definition) is 8. The lowest BCUT2D eigenvalue weighted by molar-refractivity contribution is -0.385. The number of rotatable bonds is 3.